The average molecular weight is 266 g/mol. The largest absolute Gasteiger partial charge is 0.367 e. The molecule has 0 radical (unpaired) electrons. The summed E-state index contributed by atoms with van der Waals surface area (Å²) in [4.78, 5) is 6.83. The van der Waals surface area contributed by atoms with Crippen LogP contribution in [0.1, 0.15) is 50.4 Å². The van der Waals surface area contributed by atoms with Crippen LogP contribution in [0.3, 0.4) is 0 Å². The molecule has 1 aromatic heterocycles. The molecule has 6 nitrogen and oxygen atoms in total. The zero-order valence-electron chi connectivity index (χ0n) is 11.5. The molecule has 1 saturated carbocycles. The molecule has 2 fully saturated rings. The number of hydrogen-bond donors (Lipinski definition) is 1. The molecule has 1 unspecified atom stereocenters. The SMILES string of the molecule is CCN1CCOC(c2noc(C3(N)CCCC3)n2)C1. The second kappa shape index (κ2) is 5.19. The summed E-state index contributed by atoms with van der Waals surface area (Å²) in [6.45, 7) is 5.69. The Kier molecular flexibility index (Phi) is 3.56. The molecule has 0 spiro atoms. The molecule has 1 saturated heterocycles. The molecule has 0 amide bonds. The molecule has 2 aliphatic rings. The van der Waals surface area contributed by atoms with E-state index in [9.17, 15) is 0 Å². The zero-order valence-corrected chi connectivity index (χ0v) is 11.5. The molecule has 0 bridgehead atoms. The molecule has 3 rings (SSSR count). The minimum Gasteiger partial charge on any atom is -0.367 e. The van der Waals surface area contributed by atoms with Crippen LogP contribution in [0.2, 0.25) is 0 Å². The van der Waals surface area contributed by atoms with Gasteiger partial charge in [0.15, 0.2) is 0 Å². The van der Waals surface area contributed by atoms with Crippen molar-refractivity contribution in [2.45, 2.75) is 44.2 Å². The van der Waals surface area contributed by atoms with Crippen molar-refractivity contribution in [1.82, 2.24) is 15.0 Å². The Hall–Kier alpha value is -0.980. The first-order chi connectivity index (χ1) is 9.21. The molecule has 0 aromatic carbocycles. The van der Waals surface area contributed by atoms with Crippen molar-refractivity contribution in [1.29, 1.82) is 0 Å². The number of hydrogen-bond acceptors (Lipinski definition) is 6. The Bertz CT molecular complexity index is 428. The smallest absolute Gasteiger partial charge is 0.246 e. The Labute approximate surface area is 113 Å². The summed E-state index contributed by atoms with van der Waals surface area (Å²) < 4.78 is 11.1. The number of nitrogens with two attached hydrogens (primary N) is 1. The maximum absolute atomic E-state index is 6.33. The normalized spacial score (nSPS) is 27.8. The third-order valence-corrected chi connectivity index (χ3v) is 4.25. The topological polar surface area (TPSA) is 77.4 Å². The highest BCUT2D eigenvalue weighted by atomic mass is 16.5. The van der Waals surface area contributed by atoms with Crippen LogP contribution in [0, 0.1) is 0 Å². The molecule has 1 aromatic rings. The minimum absolute atomic E-state index is 0.0868. The van der Waals surface area contributed by atoms with Crippen LogP contribution in [-0.4, -0.2) is 41.3 Å². The summed E-state index contributed by atoms with van der Waals surface area (Å²) in [5, 5.41) is 4.08. The molecular formula is C13H22N4O2. The van der Waals surface area contributed by atoms with Crippen molar-refractivity contribution >= 4 is 0 Å². The highest BCUT2D eigenvalue weighted by Gasteiger charge is 2.38. The van der Waals surface area contributed by atoms with Gasteiger partial charge < -0.3 is 15.0 Å². The van der Waals surface area contributed by atoms with Crippen LogP contribution < -0.4 is 5.73 Å². The number of ether oxygens (including phenoxy) is 1. The highest BCUT2D eigenvalue weighted by Crippen LogP contribution is 2.35. The molecule has 1 atom stereocenters. The van der Waals surface area contributed by atoms with E-state index >= 15 is 0 Å². The quantitative estimate of drug-likeness (QED) is 0.885. The fourth-order valence-corrected chi connectivity index (χ4v) is 2.93. The van der Waals surface area contributed by atoms with Gasteiger partial charge in [0, 0.05) is 13.1 Å². The van der Waals surface area contributed by atoms with Gasteiger partial charge in [-0.25, -0.2) is 0 Å². The van der Waals surface area contributed by atoms with Gasteiger partial charge >= 0.3 is 0 Å². The van der Waals surface area contributed by atoms with Gasteiger partial charge in [-0.1, -0.05) is 24.9 Å². The summed E-state index contributed by atoms with van der Waals surface area (Å²) >= 11 is 0. The van der Waals surface area contributed by atoms with E-state index in [-0.39, 0.29) is 6.10 Å². The van der Waals surface area contributed by atoms with Gasteiger partial charge in [-0.3, -0.25) is 4.90 Å². The second-order valence-corrected chi connectivity index (χ2v) is 5.57. The Balaban J connectivity index is 1.74. The van der Waals surface area contributed by atoms with Crippen molar-refractivity contribution in [3.05, 3.63) is 11.7 Å². The highest BCUT2D eigenvalue weighted by molar-refractivity contribution is 5.06. The van der Waals surface area contributed by atoms with Crippen molar-refractivity contribution in [3.63, 3.8) is 0 Å². The maximum atomic E-state index is 6.33. The fraction of sp³-hybridized carbons (Fsp3) is 0.846. The summed E-state index contributed by atoms with van der Waals surface area (Å²) in [5.41, 5.74) is 5.92. The minimum atomic E-state index is -0.412. The van der Waals surface area contributed by atoms with Gasteiger partial charge in [0.2, 0.25) is 11.7 Å². The number of likely N-dealkylation sites (N-methyl/N-ethyl adjacent to an activating group) is 1. The first kappa shape index (κ1) is 13.0. The molecular weight excluding hydrogens is 244 g/mol. The maximum Gasteiger partial charge on any atom is 0.246 e. The molecule has 1 aliphatic carbocycles. The van der Waals surface area contributed by atoms with Crippen molar-refractivity contribution < 1.29 is 9.26 Å². The first-order valence-corrected chi connectivity index (χ1v) is 7.18. The molecule has 2 N–H and O–H groups in total. The van der Waals surface area contributed by atoms with E-state index in [0.29, 0.717) is 11.7 Å². The summed E-state index contributed by atoms with van der Waals surface area (Å²) in [6, 6.07) is 0. The third-order valence-electron chi connectivity index (χ3n) is 4.25. The predicted molar refractivity (Wildman–Crippen MR) is 69.4 cm³/mol. The first-order valence-electron chi connectivity index (χ1n) is 7.18. The third kappa shape index (κ3) is 2.52. The van der Waals surface area contributed by atoms with E-state index in [0.717, 1.165) is 51.9 Å². The van der Waals surface area contributed by atoms with Crippen LogP contribution in [0.15, 0.2) is 4.52 Å². The van der Waals surface area contributed by atoms with Crippen LogP contribution in [0.25, 0.3) is 0 Å². The lowest BCUT2D eigenvalue weighted by Crippen LogP contribution is -2.38. The van der Waals surface area contributed by atoms with Crippen LogP contribution in [-0.2, 0) is 10.3 Å². The van der Waals surface area contributed by atoms with E-state index in [4.69, 9.17) is 15.0 Å². The van der Waals surface area contributed by atoms with Gasteiger partial charge in [-0.05, 0) is 19.4 Å². The van der Waals surface area contributed by atoms with Crippen molar-refractivity contribution in [2.24, 2.45) is 5.73 Å². The molecule has 106 valence electrons. The van der Waals surface area contributed by atoms with E-state index in [2.05, 4.69) is 22.0 Å². The average Bonchev–Trinajstić information content (AvgIpc) is 3.08. The molecule has 2 heterocycles. The lowest BCUT2D eigenvalue weighted by molar-refractivity contribution is -0.0334. The molecule has 1 aliphatic heterocycles. The monoisotopic (exact) mass is 266 g/mol. The van der Waals surface area contributed by atoms with E-state index in [1.54, 1.807) is 0 Å². The number of rotatable bonds is 3. The van der Waals surface area contributed by atoms with Gasteiger partial charge in [0.25, 0.3) is 0 Å². The van der Waals surface area contributed by atoms with Crippen LogP contribution >= 0.6 is 0 Å². The number of morpholine rings is 1. The Morgan fingerprint density at radius 2 is 2.21 bits per heavy atom. The summed E-state index contributed by atoms with van der Waals surface area (Å²) in [7, 11) is 0. The van der Waals surface area contributed by atoms with Gasteiger partial charge in [-0.15, -0.1) is 0 Å². The number of nitrogens with zero attached hydrogens (tertiary/aromatic N) is 3. The van der Waals surface area contributed by atoms with E-state index < -0.39 is 5.54 Å². The lowest BCUT2D eigenvalue weighted by Gasteiger charge is -2.30. The van der Waals surface area contributed by atoms with Gasteiger partial charge in [0.1, 0.15) is 6.10 Å². The summed E-state index contributed by atoms with van der Waals surface area (Å²) in [5.74, 6) is 1.22. The van der Waals surface area contributed by atoms with Crippen LogP contribution in [0.5, 0.6) is 0 Å². The lowest BCUT2D eigenvalue weighted by atomic mass is 9.99. The van der Waals surface area contributed by atoms with E-state index in [1.807, 2.05) is 0 Å². The van der Waals surface area contributed by atoms with E-state index in [1.165, 1.54) is 0 Å². The fourth-order valence-electron chi connectivity index (χ4n) is 2.93. The van der Waals surface area contributed by atoms with Gasteiger partial charge in [-0.2, -0.15) is 4.98 Å². The Morgan fingerprint density at radius 3 is 2.95 bits per heavy atom. The zero-order chi connectivity index (χ0) is 13.3. The van der Waals surface area contributed by atoms with Gasteiger partial charge in [0.05, 0.1) is 12.1 Å². The Morgan fingerprint density at radius 1 is 1.42 bits per heavy atom. The predicted octanol–water partition coefficient (Wildman–Crippen LogP) is 1.19. The summed E-state index contributed by atoms with van der Waals surface area (Å²) in [6.07, 6.45) is 4.05. The molecule has 19 heavy (non-hydrogen) atoms. The standard InChI is InChI=1S/C13H22N4O2/c1-2-17-7-8-18-10(9-17)11-15-12(19-16-11)13(14)5-3-4-6-13/h10H,2-9,14H2,1H3. The second-order valence-electron chi connectivity index (χ2n) is 5.57. The number of aromatic nitrogens is 2. The molecule has 6 heteroatoms. The van der Waals surface area contributed by atoms with Crippen LogP contribution in [0.4, 0.5) is 0 Å². The van der Waals surface area contributed by atoms with Crippen molar-refractivity contribution in [3.8, 4) is 0 Å². The van der Waals surface area contributed by atoms with Crippen molar-refractivity contribution in [2.75, 3.05) is 26.2 Å².